The third-order valence-electron chi connectivity index (χ3n) is 6.06. The lowest BCUT2D eigenvalue weighted by atomic mass is 9.81. The first kappa shape index (κ1) is 22.5. The quantitative estimate of drug-likeness (QED) is 0.695. The first-order valence-electron chi connectivity index (χ1n) is 10.5. The van der Waals surface area contributed by atoms with Gasteiger partial charge in [-0.3, -0.25) is 4.79 Å². The van der Waals surface area contributed by atoms with Gasteiger partial charge < -0.3 is 10.1 Å². The number of ether oxygens (including phenoxy) is 1. The van der Waals surface area contributed by atoms with E-state index in [1.807, 2.05) is 30.3 Å². The highest BCUT2D eigenvalue weighted by molar-refractivity contribution is 7.92. The van der Waals surface area contributed by atoms with Crippen LogP contribution in [0, 0.1) is 5.92 Å². The second kappa shape index (κ2) is 9.75. The van der Waals surface area contributed by atoms with Gasteiger partial charge in [0.15, 0.2) is 0 Å². The van der Waals surface area contributed by atoms with E-state index in [4.69, 9.17) is 4.74 Å². The molecule has 2 fully saturated rings. The summed E-state index contributed by atoms with van der Waals surface area (Å²) < 4.78 is 31.6. The summed E-state index contributed by atoms with van der Waals surface area (Å²) >= 11 is 0. The Morgan fingerprint density at radius 3 is 2.33 bits per heavy atom. The van der Waals surface area contributed by atoms with Crippen LogP contribution in [0.1, 0.15) is 50.5 Å². The van der Waals surface area contributed by atoms with Gasteiger partial charge in [0.2, 0.25) is 15.9 Å². The average molecular weight is 435 g/mol. The predicted octanol–water partition coefficient (Wildman–Crippen LogP) is 2.69. The van der Waals surface area contributed by atoms with Crippen molar-refractivity contribution in [3.05, 3.63) is 41.3 Å². The molecule has 0 bridgehead atoms. The molecule has 1 aliphatic heterocycles. The van der Waals surface area contributed by atoms with Gasteiger partial charge in [-0.15, -0.1) is 0 Å². The number of methoxy groups -OCH3 is 1. The summed E-state index contributed by atoms with van der Waals surface area (Å²) in [7, 11) is -2.20. The molecule has 0 unspecified atom stereocenters. The Labute approximate surface area is 178 Å². The van der Waals surface area contributed by atoms with Gasteiger partial charge in [-0.1, -0.05) is 49.6 Å². The van der Waals surface area contributed by atoms with Crippen LogP contribution in [-0.2, 0) is 24.3 Å². The zero-order valence-electron chi connectivity index (χ0n) is 17.4. The van der Waals surface area contributed by atoms with Crippen molar-refractivity contribution in [3.8, 4) is 0 Å². The lowest BCUT2D eigenvalue weighted by Gasteiger charge is -2.37. The molecule has 30 heavy (non-hydrogen) atoms. The van der Waals surface area contributed by atoms with Crippen molar-refractivity contribution >= 4 is 28.0 Å². The summed E-state index contributed by atoms with van der Waals surface area (Å²) in [5.74, 6) is -0.876. The summed E-state index contributed by atoms with van der Waals surface area (Å²) in [6.45, 7) is 0.565. The van der Waals surface area contributed by atoms with E-state index in [0.717, 1.165) is 24.8 Å². The van der Waals surface area contributed by atoms with Gasteiger partial charge in [-0.05, 0) is 37.3 Å². The molecule has 0 atom stereocenters. The zero-order chi connectivity index (χ0) is 21.6. The summed E-state index contributed by atoms with van der Waals surface area (Å²) in [6, 6.07) is 9.25. The summed E-state index contributed by atoms with van der Waals surface area (Å²) in [5, 5.41) is 4.18. The minimum atomic E-state index is -3.54. The van der Waals surface area contributed by atoms with Crippen molar-refractivity contribution < 1.29 is 22.7 Å². The minimum absolute atomic E-state index is 0.181. The Morgan fingerprint density at radius 1 is 1.10 bits per heavy atom. The summed E-state index contributed by atoms with van der Waals surface area (Å²) in [5.41, 5.74) is -0.123. The maximum atomic E-state index is 12.9. The van der Waals surface area contributed by atoms with E-state index in [1.54, 1.807) is 6.08 Å². The molecule has 1 N–H and O–H groups in total. The second-order valence-electron chi connectivity index (χ2n) is 8.06. The van der Waals surface area contributed by atoms with Crippen molar-refractivity contribution in [1.29, 1.82) is 0 Å². The Balaban J connectivity index is 1.58. The minimum Gasteiger partial charge on any atom is -0.467 e. The standard InChI is InChI=1S/C22H30N2O5S/c1-29-21(26)22(13-6-3-7-14-22)23-20(25)19-10-15-24(16-11-19)30(27,28)17-12-18-8-4-2-5-9-18/h2,4-5,8-9,12,17,19H,3,6-7,10-11,13-16H2,1H3,(H,23,25). The van der Waals surface area contributed by atoms with Gasteiger partial charge in [0, 0.05) is 24.4 Å². The van der Waals surface area contributed by atoms with E-state index >= 15 is 0 Å². The Morgan fingerprint density at radius 2 is 1.73 bits per heavy atom. The molecule has 1 amide bonds. The number of esters is 1. The fourth-order valence-corrected chi connectivity index (χ4v) is 5.48. The van der Waals surface area contributed by atoms with Crippen molar-refractivity contribution in [3.63, 3.8) is 0 Å². The van der Waals surface area contributed by atoms with Crippen LogP contribution in [0.5, 0.6) is 0 Å². The molecule has 164 valence electrons. The van der Waals surface area contributed by atoms with E-state index in [1.165, 1.54) is 16.8 Å². The van der Waals surface area contributed by atoms with Crippen LogP contribution in [0.2, 0.25) is 0 Å². The SMILES string of the molecule is COC(=O)C1(NC(=O)C2CCN(S(=O)(=O)C=Cc3ccccc3)CC2)CCCCC1. The van der Waals surface area contributed by atoms with Crippen LogP contribution in [0.3, 0.4) is 0 Å². The molecule has 7 nitrogen and oxygen atoms in total. The lowest BCUT2D eigenvalue weighted by Crippen LogP contribution is -2.58. The van der Waals surface area contributed by atoms with E-state index in [9.17, 15) is 18.0 Å². The molecule has 1 aliphatic carbocycles. The summed E-state index contributed by atoms with van der Waals surface area (Å²) in [6.07, 6.45) is 6.41. The van der Waals surface area contributed by atoms with Crippen LogP contribution in [0.15, 0.2) is 35.7 Å². The maximum absolute atomic E-state index is 12.9. The average Bonchev–Trinajstić information content (AvgIpc) is 2.78. The number of hydrogen-bond donors (Lipinski definition) is 1. The molecule has 3 rings (SSSR count). The normalized spacial score (nSPS) is 20.7. The van der Waals surface area contributed by atoms with Gasteiger partial charge in [0.25, 0.3) is 0 Å². The van der Waals surface area contributed by atoms with E-state index < -0.39 is 15.6 Å². The van der Waals surface area contributed by atoms with Crippen LogP contribution >= 0.6 is 0 Å². The molecule has 1 aromatic carbocycles. The number of sulfonamides is 1. The third kappa shape index (κ3) is 5.29. The number of rotatable bonds is 6. The second-order valence-corrected chi connectivity index (χ2v) is 9.87. The summed E-state index contributed by atoms with van der Waals surface area (Å²) in [4.78, 5) is 25.2. The molecule has 0 radical (unpaired) electrons. The molecule has 1 saturated heterocycles. The molecule has 0 spiro atoms. The molecular formula is C22H30N2O5S. The number of benzene rings is 1. The number of carbonyl (C=O) groups excluding carboxylic acids is 2. The number of hydrogen-bond acceptors (Lipinski definition) is 5. The number of nitrogens with zero attached hydrogens (tertiary/aromatic N) is 1. The molecule has 1 heterocycles. The van der Waals surface area contributed by atoms with Crippen LogP contribution in [0.4, 0.5) is 0 Å². The fraction of sp³-hybridized carbons (Fsp3) is 0.545. The molecule has 0 aromatic heterocycles. The van der Waals surface area contributed by atoms with Gasteiger partial charge >= 0.3 is 5.97 Å². The smallest absolute Gasteiger partial charge is 0.331 e. The van der Waals surface area contributed by atoms with Gasteiger partial charge in [0.1, 0.15) is 5.54 Å². The van der Waals surface area contributed by atoms with Crippen LogP contribution in [-0.4, -0.2) is 50.3 Å². The highest BCUT2D eigenvalue weighted by atomic mass is 32.2. The molecular weight excluding hydrogens is 404 g/mol. The fourth-order valence-electron chi connectivity index (χ4n) is 4.26. The Kier molecular flexibility index (Phi) is 7.31. The molecule has 2 aliphatic rings. The van der Waals surface area contributed by atoms with Crippen molar-refractivity contribution in [1.82, 2.24) is 9.62 Å². The maximum Gasteiger partial charge on any atom is 0.331 e. The van der Waals surface area contributed by atoms with Crippen LogP contribution in [0.25, 0.3) is 6.08 Å². The first-order chi connectivity index (χ1) is 14.4. The van der Waals surface area contributed by atoms with Crippen molar-refractivity contribution in [2.24, 2.45) is 5.92 Å². The molecule has 1 aromatic rings. The number of carbonyl (C=O) groups is 2. The van der Waals surface area contributed by atoms with Crippen LogP contribution < -0.4 is 5.32 Å². The predicted molar refractivity (Wildman–Crippen MR) is 115 cm³/mol. The molecule has 8 heteroatoms. The first-order valence-corrected chi connectivity index (χ1v) is 12.0. The van der Waals surface area contributed by atoms with Crippen molar-refractivity contribution in [2.75, 3.05) is 20.2 Å². The van der Waals surface area contributed by atoms with Gasteiger partial charge in [-0.25, -0.2) is 13.2 Å². The number of nitrogens with one attached hydrogen (secondary N) is 1. The van der Waals surface area contributed by atoms with Crippen molar-refractivity contribution in [2.45, 2.75) is 50.5 Å². The highest BCUT2D eigenvalue weighted by Gasteiger charge is 2.43. The monoisotopic (exact) mass is 434 g/mol. The third-order valence-corrected chi connectivity index (χ3v) is 7.63. The highest BCUT2D eigenvalue weighted by Crippen LogP contribution is 2.31. The Bertz CT molecular complexity index is 868. The number of piperidine rings is 1. The van der Waals surface area contributed by atoms with E-state index in [2.05, 4.69) is 5.32 Å². The van der Waals surface area contributed by atoms with E-state index in [0.29, 0.717) is 25.7 Å². The number of amides is 1. The van der Waals surface area contributed by atoms with Gasteiger partial charge in [-0.2, -0.15) is 4.31 Å². The molecule has 1 saturated carbocycles. The lowest BCUT2D eigenvalue weighted by molar-refractivity contribution is -0.153. The largest absolute Gasteiger partial charge is 0.467 e. The topological polar surface area (TPSA) is 92.8 Å². The van der Waals surface area contributed by atoms with Gasteiger partial charge in [0.05, 0.1) is 7.11 Å². The van der Waals surface area contributed by atoms with E-state index in [-0.39, 0.29) is 30.9 Å². The zero-order valence-corrected chi connectivity index (χ0v) is 18.2. The Hall–Kier alpha value is -2.19.